The summed E-state index contributed by atoms with van der Waals surface area (Å²) in [4.78, 5) is 32.5. The molecule has 2 aliphatic heterocycles. The van der Waals surface area contributed by atoms with Gasteiger partial charge in [0.15, 0.2) is 0 Å². The van der Waals surface area contributed by atoms with Gasteiger partial charge in [0.2, 0.25) is 5.91 Å². The Bertz CT molecular complexity index is 887. The minimum absolute atomic E-state index is 0.0390. The van der Waals surface area contributed by atoms with E-state index in [-0.39, 0.29) is 11.9 Å². The molecule has 1 aromatic heterocycles. The number of piperazine rings is 1. The molecule has 0 aliphatic carbocycles. The van der Waals surface area contributed by atoms with E-state index in [0.717, 1.165) is 23.7 Å². The first-order valence-corrected chi connectivity index (χ1v) is 11.1. The third kappa shape index (κ3) is 4.33. The third-order valence-electron chi connectivity index (χ3n) is 5.51. The topological polar surface area (TPSA) is 61.7 Å². The normalized spacial score (nSPS) is 17.1. The zero-order valence-electron chi connectivity index (χ0n) is 17.0. The number of carbonyl (C=O) groups is 2. The van der Waals surface area contributed by atoms with Crippen molar-refractivity contribution in [2.45, 2.75) is 38.1 Å². The molecule has 2 aromatic rings. The summed E-state index contributed by atoms with van der Waals surface area (Å²) in [6, 6.07) is 8.46. The van der Waals surface area contributed by atoms with E-state index in [1.165, 1.54) is 10.5 Å². The van der Waals surface area contributed by atoms with Crippen LogP contribution in [-0.2, 0) is 11.3 Å². The number of hydrogen-bond acceptors (Lipinski definition) is 5. The van der Waals surface area contributed by atoms with Crippen molar-refractivity contribution in [1.29, 1.82) is 0 Å². The standard InChI is InChI=1S/C21H27N5O2S/c1-16-5-7-19(8-6-16)29-13-3-4-20(27)23-9-11-24(12-10-23)25-15-18-14-22-17(2)26(18)21(25)28/h5-8,14H,3-4,9-13,15H2,1-2H3. The SMILES string of the molecule is Cc1ccc(SCCCC(=O)N2CCN(N3Cc4cnc(C)n4C3=O)CC2)cc1. The van der Waals surface area contributed by atoms with Crippen LogP contribution in [0, 0.1) is 13.8 Å². The predicted octanol–water partition coefficient (Wildman–Crippen LogP) is 2.92. The Hall–Kier alpha value is -2.32. The van der Waals surface area contributed by atoms with Crippen molar-refractivity contribution in [3.05, 3.63) is 47.5 Å². The second-order valence-corrected chi connectivity index (χ2v) is 8.74. The molecule has 4 rings (SSSR count). The van der Waals surface area contributed by atoms with Gasteiger partial charge in [-0.25, -0.2) is 19.4 Å². The van der Waals surface area contributed by atoms with E-state index in [1.54, 1.807) is 27.5 Å². The van der Waals surface area contributed by atoms with Gasteiger partial charge >= 0.3 is 6.03 Å². The van der Waals surface area contributed by atoms with Gasteiger partial charge in [0.25, 0.3) is 0 Å². The van der Waals surface area contributed by atoms with Gasteiger partial charge < -0.3 is 4.90 Å². The quantitative estimate of drug-likeness (QED) is 0.538. The first-order valence-electron chi connectivity index (χ1n) is 10.1. The Balaban J connectivity index is 1.19. The average Bonchev–Trinajstić information content (AvgIpc) is 3.26. The minimum atomic E-state index is -0.0390. The molecule has 154 valence electrons. The highest BCUT2D eigenvalue weighted by atomic mass is 32.2. The van der Waals surface area contributed by atoms with Crippen LogP contribution in [0.4, 0.5) is 4.79 Å². The molecule has 1 fully saturated rings. The molecular weight excluding hydrogens is 386 g/mol. The monoisotopic (exact) mass is 413 g/mol. The Morgan fingerprint density at radius 3 is 2.52 bits per heavy atom. The molecule has 0 spiro atoms. The van der Waals surface area contributed by atoms with E-state index in [4.69, 9.17) is 0 Å². The van der Waals surface area contributed by atoms with Gasteiger partial charge in [-0.15, -0.1) is 11.8 Å². The maximum absolute atomic E-state index is 12.6. The van der Waals surface area contributed by atoms with Crippen LogP contribution in [0.2, 0.25) is 0 Å². The Morgan fingerprint density at radius 2 is 1.83 bits per heavy atom. The molecule has 2 amide bonds. The number of carbonyl (C=O) groups excluding carboxylic acids is 2. The van der Waals surface area contributed by atoms with Crippen LogP contribution in [0.3, 0.4) is 0 Å². The fraction of sp³-hybridized carbons (Fsp3) is 0.476. The van der Waals surface area contributed by atoms with Gasteiger partial charge in [0.1, 0.15) is 5.82 Å². The van der Waals surface area contributed by atoms with Crippen molar-refractivity contribution in [2.75, 3.05) is 31.9 Å². The zero-order valence-corrected chi connectivity index (χ0v) is 17.8. The second-order valence-electron chi connectivity index (χ2n) is 7.57. The number of imidazole rings is 1. The smallest absolute Gasteiger partial charge is 0.340 e. The van der Waals surface area contributed by atoms with Crippen LogP contribution < -0.4 is 0 Å². The molecule has 0 atom stereocenters. The molecule has 0 N–H and O–H groups in total. The van der Waals surface area contributed by atoms with Gasteiger partial charge in [-0.2, -0.15) is 0 Å². The Kier molecular flexibility index (Phi) is 5.91. The van der Waals surface area contributed by atoms with Crippen molar-refractivity contribution in [2.24, 2.45) is 0 Å². The van der Waals surface area contributed by atoms with E-state index in [9.17, 15) is 9.59 Å². The maximum Gasteiger partial charge on any atom is 0.344 e. The van der Waals surface area contributed by atoms with E-state index >= 15 is 0 Å². The van der Waals surface area contributed by atoms with Gasteiger partial charge in [0, 0.05) is 37.5 Å². The van der Waals surface area contributed by atoms with Crippen LogP contribution in [0.1, 0.15) is 29.9 Å². The van der Waals surface area contributed by atoms with Crippen molar-refractivity contribution in [1.82, 2.24) is 24.5 Å². The molecule has 1 saturated heterocycles. The minimum Gasteiger partial charge on any atom is -0.340 e. The molecule has 0 radical (unpaired) electrons. The first kappa shape index (κ1) is 20.0. The molecule has 29 heavy (non-hydrogen) atoms. The summed E-state index contributed by atoms with van der Waals surface area (Å²) >= 11 is 1.80. The number of amides is 2. The summed E-state index contributed by atoms with van der Waals surface area (Å²) in [6.07, 6.45) is 3.23. The lowest BCUT2D eigenvalue weighted by Gasteiger charge is -2.38. The Labute approximate surface area is 175 Å². The van der Waals surface area contributed by atoms with E-state index in [0.29, 0.717) is 39.1 Å². The van der Waals surface area contributed by atoms with Crippen molar-refractivity contribution in [3.8, 4) is 0 Å². The lowest BCUT2D eigenvalue weighted by Crippen LogP contribution is -2.55. The number of benzene rings is 1. The van der Waals surface area contributed by atoms with Crippen LogP contribution in [0.5, 0.6) is 0 Å². The van der Waals surface area contributed by atoms with Crippen LogP contribution >= 0.6 is 11.8 Å². The van der Waals surface area contributed by atoms with Gasteiger partial charge in [-0.05, 0) is 38.2 Å². The molecule has 0 saturated carbocycles. The van der Waals surface area contributed by atoms with Crippen molar-refractivity contribution >= 4 is 23.7 Å². The molecule has 7 nitrogen and oxygen atoms in total. The largest absolute Gasteiger partial charge is 0.344 e. The molecule has 1 aromatic carbocycles. The highest BCUT2D eigenvalue weighted by molar-refractivity contribution is 7.99. The van der Waals surface area contributed by atoms with Gasteiger partial charge in [-0.1, -0.05) is 17.7 Å². The maximum atomic E-state index is 12.6. The number of thioether (sulfide) groups is 1. The predicted molar refractivity (Wildman–Crippen MR) is 113 cm³/mol. The number of aryl methyl sites for hydroxylation is 2. The summed E-state index contributed by atoms with van der Waals surface area (Å²) in [5.74, 6) is 1.89. The van der Waals surface area contributed by atoms with Crippen LogP contribution in [-0.4, -0.2) is 68.3 Å². The van der Waals surface area contributed by atoms with Crippen molar-refractivity contribution in [3.63, 3.8) is 0 Å². The van der Waals surface area contributed by atoms with Crippen LogP contribution in [0.15, 0.2) is 35.4 Å². The van der Waals surface area contributed by atoms with E-state index in [1.807, 2.05) is 11.8 Å². The van der Waals surface area contributed by atoms with Crippen molar-refractivity contribution < 1.29 is 9.59 Å². The third-order valence-corrected chi connectivity index (χ3v) is 6.61. The molecular formula is C21H27N5O2S. The average molecular weight is 414 g/mol. The summed E-state index contributed by atoms with van der Waals surface area (Å²) in [7, 11) is 0. The lowest BCUT2D eigenvalue weighted by molar-refractivity contribution is -0.135. The number of hydrogen-bond donors (Lipinski definition) is 0. The second kappa shape index (κ2) is 8.59. The molecule has 0 unspecified atom stereocenters. The van der Waals surface area contributed by atoms with Gasteiger partial charge in [0.05, 0.1) is 18.4 Å². The first-order chi connectivity index (χ1) is 14.0. The molecule has 8 heteroatoms. The Morgan fingerprint density at radius 1 is 1.10 bits per heavy atom. The summed E-state index contributed by atoms with van der Waals surface area (Å²) in [6.45, 7) is 7.20. The number of aromatic nitrogens is 2. The highest BCUT2D eigenvalue weighted by Crippen LogP contribution is 2.22. The molecule has 3 heterocycles. The molecule has 2 aliphatic rings. The lowest BCUT2D eigenvalue weighted by atomic mass is 10.2. The fourth-order valence-electron chi connectivity index (χ4n) is 3.81. The fourth-order valence-corrected chi connectivity index (χ4v) is 4.67. The highest BCUT2D eigenvalue weighted by Gasteiger charge is 2.35. The van der Waals surface area contributed by atoms with Crippen LogP contribution in [0.25, 0.3) is 0 Å². The van der Waals surface area contributed by atoms with E-state index < -0.39 is 0 Å². The number of fused-ring (bicyclic) bond motifs is 1. The number of rotatable bonds is 6. The van der Waals surface area contributed by atoms with E-state index in [2.05, 4.69) is 41.2 Å². The summed E-state index contributed by atoms with van der Waals surface area (Å²) < 4.78 is 1.67. The molecule has 0 bridgehead atoms. The number of hydrazine groups is 1. The summed E-state index contributed by atoms with van der Waals surface area (Å²) in [5, 5.41) is 3.84. The summed E-state index contributed by atoms with van der Waals surface area (Å²) in [5.41, 5.74) is 2.19. The van der Waals surface area contributed by atoms with Gasteiger partial charge in [-0.3, -0.25) is 9.80 Å². The number of nitrogens with zero attached hydrogens (tertiary/aromatic N) is 5. The zero-order chi connectivity index (χ0) is 20.4.